The summed E-state index contributed by atoms with van der Waals surface area (Å²) in [4.78, 5) is 0. The molecule has 2 fully saturated rings. The molecule has 0 aromatic rings. The standard InChI is InChI=1S/C9H18N2/c1-2-11(9-5-6-9)10-7-3-4-8-10/h9H,2-8H2,1H3. The lowest BCUT2D eigenvalue weighted by molar-refractivity contribution is -0.00666. The molecule has 11 heavy (non-hydrogen) atoms. The second-order valence-corrected chi connectivity index (χ2v) is 3.65. The van der Waals surface area contributed by atoms with Crippen LogP contribution < -0.4 is 0 Å². The number of rotatable bonds is 3. The largest absolute Gasteiger partial charge is 0.242 e. The molecule has 1 aliphatic carbocycles. The minimum atomic E-state index is 0.915. The van der Waals surface area contributed by atoms with E-state index in [1.54, 1.807) is 0 Å². The highest BCUT2D eigenvalue weighted by Gasteiger charge is 2.32. The normalized spacial score (nSPS) is 26.7. The Balaban J connectivity index is 1.87. The molecule has 0 bridgehead atoms. The van der Waals surface area contributed by atoms with E-state index >= 15 is 0 Å². The predicted molar refractivity (Wildman–Crippen MR) is 46.2 cm³/mol. The summed E-state index contributed by atoms with van der Waals surface area (Å²) in [6, 6.07) is 0.915. The Kier molecular flexibility index (Phi) is 2.14. The van der Waals surface area contributed by atoms with Crippen molar-refractivity contribution in [1.82, 2.24) is 10.0 Å². The predicted octanol–water partition coefficient (Wildman–Crippen LogP) is 1.48. The van der Waals surface area contributed by atoms with Crippen LogP contribution in [0, 0.1) is 0 Å². The van der Waals surface area contributed by atoms with E-state index in [9.17, 15) is 0 Å². The van der Waals surface area contributed by atoms with Crippen LogP contribution in [0.4, 0.5) is 0 Å². The van der Waals surface area contributed by atoms with Crippen molar-refractivity contribution >= 4 is 0 Å². The maximum atomic E-state index is 2.58. The Hall–Kier alpha value is -0.0800. The van der Waals surface area contributed by atoms with Gasteiger partial charge in [-0.25, -0.2) is 10.0 Å². The van der Waals surface area contributed by atoms with Crippen molar-refractivity contribution in [1.29, 1.82) is 0 Å². The van der Waals surface area contributed by atoms with Crippen molar-refractivity contribution in [3.63, 3.8) is 0 Å². The lowest BCUT2D eigenvalue weighted by Gasteiger charge is -2.30. The maximum Gasteiger partial charge on any atom is 0.0247 e. The highest BCUT2D eigenvalue weighted by atomic mass is 15.6. The van der Waals surface area contributed by atoms with Gasteiger partial charge in [0.1, 0.15) is 0 Å². The number of hydrazine groups is 1. The van der Waals surface area contributed by atoms with E-state index in [-0.39, 0.29) is 0 Å². The van der Waals surface area contributed by atoms with Crippen LogP contribution in [0.5, 0.6) is 0 Å². The van der Waals surface area contributed by atoms with Crippen LogP contribution in [0.15, 0.2) is 0 Å². The molecule has 0 spiro atoms. The van der Waals surface area contributed by atoms with Crippen LogP contribution in [-0.4, -0.2) is 35.7 Å². The second-order valence-electron chi connectivity index (χ2n) is 3.65. The van der Waals surface area contributed by atoms with E-state index < -0.39 is 0 Å². The zero-order valence-electron chi connectivity index (χ0n) is 7.42. The average molecular weight is 154 g/mol. The number of hydrogen-bond donors (Lipinski definition) is 0. The van der Waals surface area contributed by atoms with Crippen LogP contribution in [0.3, 0.4) is 0 Å². The van der Waals surface area contributed by atoms with Gasteiger partial charge in [0.05, 0.1) is 0 Å². The molecule has 1 saturated carbocycles. The molecule has 1 heterocycles. The second kappa shape index (κ2) is 3.11. The number of hydrogen-bond acceptors (Lipinski definition) is 2. The molecular formula is C9H18N2. The zero-order valence-corrected chi connectivity index (χ0v) is 7.42. The summed E-state index contributed by atoms with van der Waals surface area (Å²) in [5.74, 6) is 0. The lowest BCUT2D eigenvalue weighted by atomic mass is 10.4. The molecule has 2 heteroatoms. The fourth-order valence-electron chi connectivity index (χ4n) is 2.02. The van der Waals surface area contributed by atoms with Gasteiger partial charge in [-0.15, -0.1) is 0 Å². The first-order chi connectivity index (χ1) is 5.42. The Morgan fingerprint density at radius 2 is 1.91 bits per heavy atom. The van der Waals surface area contributed by atoms with Gasteiger partial charge in [0.2, 0.25) is 0 Å². The average Bonchev–Trinajstić information content (AvgIpc) is 2.68. The third-order valence-electron chi connectivity index (χ3n) is 2.74. The summed E-state index contributed by atoms with van der Waals surface area (Å²) in [5, 5.41) is 5.13. The van der Waals surface area contributed by atoms with Crippen LogP contribution in [0.2, 0.25) is 0 Å². The van der Waals surface area contributed by atoms with Crippen LogP contribution >= 0.6 is 0 Å². The van der Waals surface area contributed by atoms with Crippen molar-refractivity contribution in [2.75, 3.05) is 19.6 Å². The molecule has 0 amide bonds. The first-order valence-corrected chi connectivity index (χ1v) is 4.93. The molecule has 0 aromatic carbocycles. The highest BCUT2D eigenvalue weighted by molar-refractivity contribution is 4.83. The third-order valence-corrected chi connectivity index (χ3v) is 2.74. The van der Waals surface area contributed by atoms with Crippen LogP contribution in [-0.2, 0) is 0 Å². The van der Waals surface area contributed by atoms with Gasteiger partial charge in [-0.2, -0.15) is 0 Å². The monoisotopic (exact) mass is 154 g/mol. The van der Waals surface area contributed by atoms with Crippen molar-refractivity contribution < 1.29 is 0 Å². The summed E-state index contributed by atoms with van der Waals surface area (Å²) >= 11 is 0. The smallest absolute Gasteiger partial charge is 0.0247 e. The fraction of sp³-hybridized carbons (Fsp3) is 1.00. The van der Waals surface area contributed by atoms with Crippen molar-refractivity contribution in [3.8, 4) is 0 Å². The Bertz CT molecular complexity index is 126. The molecule has 2 nitrogen and oxygen atoms in total. The van der Waals surface area contributed by atoms with E-state index in [1.165, 1.54) is 45.3 Å². The first-order valence-electron chi connectivity index (χ1n) is 4.93. The van der Waals surface area contributed by atoms with Gasteiger partial charge in [0.25, 0.3) is 0 Å². The van der Waals surface area contributed by atoms with E-state index in [1.807, 2.05) is 0 Å². The quantitative estimate of drug-likeness (QED) is 0.607. The van der Waals surface area contributed by atoms with Gasteiger partial charge in [0, 0.05) is 25.7 Å². The Morgan fingerprint density at radius 1 is 1.27 bits per heavy atom. The molecule has 2 aliphatic rings. The molecule has 0 aromatic heterocycles. The Labute approximate surface area is 69.1 Å². The van der Waals surface area contributed by atoms with E-state index in [2.05, 4.69) is 16.9 Å². The van der Waals surface area contributed by atoms with Crippen LogP contribution in [0.1, 0.15) is 32.6 Å². The topological polar surface area (TPSA) is 6.48 Å². The minimum absolute atomic E-state index is 0.915. The summed E-state index contributed by atoms with van der Waals surface area (Å²) in [6.07, 6.45) is 5.68. The molecule has 1 aliphatic heterocycles. The molecule has 0 atom stereocenters. The van der Waals surface area contributed by atoms with Gasteiger partial charge >= 0.3 is 0 Å². The molecule has 0 N–H and O–H groups in total. The van der Waals surface area contributed by atoms with E-state index in [4.69, 9.17) is 0 Å². The first kappa shape index (κ1) is 7.56. The molecule has 1 saturated heterocycles. The van der Waals surface area contributed by atoms with Gasteiger partial charge in [-0.3, -0.25) is 0 Å². The van der Waals surface area contributed by atoms with Gasteiger partial charge in [-0.1, -0.05) is 6.92 Å². The molecule has 2 rings (SSSR count). The summed E-state index contributed by atoms with van der Waals surface area (Å²) in [6.45, 7) is 6.11. The van der Waals surface area contributed by atoms with Crippen molar-refractivity contribution in [2.24, 2.45) is 0 Å². The summed E-state index contributed by atoms with van der Waals surface area (Å²) < 4.78 is 0. The number of nitrogens with zero attached hydrogens (tertiary/aromatic N) is 2. The highest BCUT2D eigenvalue weighted by Crippen LogP contribution is 2.29. The summed E-state index contributed by atoms with van der Waals surface area (Å²) in [5.41, 5.74) is 0. The molecule has 64 valence electrons. The molecule has 0 unspecified atom stereocenters. The zero-order chi connectivity index (χ0) is 7.68. The van der Waals surface area contributed by atoms with E-state index in [0.717, 1.165) is 6.04 Å². The van der Waals surface area contributed by atoms with Crippen LogP contribution in [0.25, 0.3) is 0 Å². The molecular weight excluding hydrogens is 136 g/mol. The summed E-state index contributed by atoms with van der Waals surface area (Å²) in [7, 11) is 0. The fourth-order valence-corrected chi connectivity index (χ4v) is 2.02. The van der Waals surface area contributed by atoms with E-state index in [0.29, 0.717) is 0 Å². The minimum Gasteiger partial charge on any atom is -0.242 e. The van der Waals surface area contributed by atoms with Crippen molar-refractivity contribution in [2.45, 2.75) is 38.6 Å². The molecule has 0 radical (unpaired) electrons. The third kappa shape index (κ3) is 1.57. The lowest BCUT2D eigenvalue weighted by Crippen LogP contribution is -2.41. The van der Waals surface area contributed by atoms with Gasteiger partial charge in [0.15, 0.2) is 0 Å². The SMILES string of the molecule is CCN(C1CC1)N1CCCC1. The Morgan fingerprint density at radius 3 is 2.36 bits per heavy atom. The van der Waals surface area contributed by atoms with Gasteiger partial charge < -0.3 is 0 Å². The van der Waals surface area contributed by atoms with Gasteiger partial charge in [-0.05, 0) is 25.7 Å². The van der Waals surface area contributed by atoms with Crippen molar-refractivity contribution in [3.05, 3.63) is 0 Å². The maximum absolute atomic E-state index is 2.58.